The van der Waals surface area contributed by atoms with Crippen molar-refractivity contribution in [2.45, 2.75) is 4.90 Å². The summed E-state index contributed by atoms with van der Waals surface area (Å²) in [6.07, 6.45) is 1.24. The van der Waals surface area contributed by atoms with Crippen LogP contribution in [0.3, 0.4) is 0 Å². The number of aromatic nitrogens is 2. The highest BCUT2D eigenvalue weighted by Crippen LogP contribution is 2.15. The maximum absolute atomic E-state index is 12.2. The molecule has 0 radical (unpaired) electrons. The van der Waals surface area contributed by atoms with Gasteiger partial charge < -0.3 is 9.84 Å². The van der Waals surface area contributed by atoms with Crippen LogP contribution in [0.1, 0.15) is 10.4 Å². The van der Waals surface area contributed by atoms with Crippen LogP contribution >= 0.6 is 0 Å². The number of carbonyl (C=O) groups excluding carboxylic acids is 1. The summed E-state index contributed by atoms with van der Waals surface area (Å²) in [4.78, 5) is 16.9. The van der Waals surface area contributed by atoms with Crippen LogP contribution in [0.25, 0.3) is 11.4 Å². The van der Waals surface area contributed by atoms with Gasteiger partial charge in [-0.2, -0.15) is 4.98 Å². The molecule has 1 atom stereocenters. The summed E-state index contributed by atoms with van der Waals surface area (Å²) in [6.45, 7) is 0.326. The molecule has 0 bridgehead atoms. The third-order valence-corrected chi connectivity index (χ3v) is 4.70. The quantitative estimate of drug-likeness (QED) is 0.743. The Bertz CT molecular complexity index is 835. The van der Waals surface area contributed by atoms with Gasteiger partial charge in [-0.25, -0.2) is 0 Å². The van der Waals surface area contributed by atoms with Gasteiger partial charge in [-0.15, -0.1) is 0 Å². The standard InChI is InChI=1S/C17H15N3O3S/c21-17(18-9-10-24(22)15-7-2-1-3-8-15)14-6-4-5-13(11-14)16-19-12-23-20-16/h1-8,11-12H,9-10H2,(H,18,21)/t24-/m1/s1. The molecule has 24 heavy (non-hydrogen) atoms. The number of amides is 1. The van der Waals surface area contributed by atoms with Crippen molar-refractivity contribution in [3.63, 3.8) is 0 Å². The second-order valence-electron chi connectivity index (χ2n) is 4.95. The van der Waals surface area contributed by atoms with Crippen LogP contribution in [0, 0.1) is 0 Å². The molecule has 0 fully saturated rings. The number of carbonyl (C=O) groups is 1. The van der Waals surface area contributed by atoms with Crippen molar-refractivity contribution in [2.24, 2.45) is 0 Å². The lowest BCUT2D eigenvalue weighted by molar-refractivity contribution is 0.0956. The normalized spacial score (nSPS) is 11.8. The van der Waals surface area contributed by atoms with Gasteiger partial charge in [-0.1, -0.05) is 35.5 Å². The molecule has 0 aliphatic rings. The highest BCUT2D eigenvalue weighted by molar-refractivity contribution is 7.85. The third-order valence-electron chi connectivity index (χ3n) is 3.32. The second-order valence-corrected chi connectivity index (χ2v) is 6.52. The molecule has 0 saturated carbocycles. The minimum absolute atomic E-state index is 0.231. The highest BCUT2D eigenvalue weighted by Gasteiger charge is 2.10. The number of benzene rings is 2. The summed E-state index contributed by atoms with van der Waals surface area (Å²) in [5, 5.41) is 6.52. The van der Waals surface area contributed by atoms with Gasteiger partial charge in [0.1, 0.15) is 0 Å². The van der Waals surface area contributed by atoms with E-state index in [2.05, 4.69) is 15.5 Å². The first kappa shape index (κ1) is 16.1. The van der Waals surface area contributed by atoms with Gasteiger partial charge in [-0.3, -0.25) is 9.00 Å². The third kappa shape index (κ3) is 3.94. The van der Waals surface area contributed by atoms with E-state index in [0.717, 1.165) is 4.90 Å². The summed E-state index contributed by atoms with van der Waals surface area (Å²) < 4.78 is 16.8. The molecule has 3 rings (SSSR count). The number of hydrogen-bond acceptors (Lipinski definition) is 5. The van der Waals surface area contributed by atoms with Gasteiger partial charge in [-0.05, 0) is 24.3 Å². The molecule has 0 aliphatic heterocycles. The largest absolute Gasteiger partial charge is 0.351 e. The lowest BCUT2D eigenvalue weighted by atomic mass is 10.1. The van der Waals surface area contributed by atoms with E-state index in [-0.39, 0.29) is 5.91 Å². The van der Waals surface area contributed by atoms with E-state index >= 15 is 0 Å². The molecule has 6 nitrogen and oxygen atoms in total. The minimum atomic E-state index is -1.13. The summed E-state index contributed by atoms with van der Waals surface area (Å²) >= 11 is 0. The first-order valence-electron chi connectivity index (χ1n) is 7.32. The summed E-state index contributed by atoms with van der Waals surface area (Å²) in [6, 6.07) is 16.1. The maximum Gasteiger partial charge on any atom is 0.251 e. The zero-order valence-corrected chi connectivity index (χ0v) is 13.5. The van der Waals surface area contributed by atoms with Gasteiger partial charge in [0.05, 0.1) is 10.8 Å². The zero-order chi connectivity index (χ0) is 16.8. The lowest BCUT2D eigenvalue weighted by Crippen LogP contribution is -2.27. The molecule has 7 heteroatoms. The van der Waals surface area contributed by atoms with Crippen LogP contribution in [0.4, 0.5) is 0 Å². The Labute approximate surface area is 141 Å². The molecule has 0 spiro atoms. The van der Waals surface area contributed by atoms with Crippen molar-refractivity contribution in [3.05, 3.63) is 66.6 Å². The summed E-state index contributed by atoms with van der Waals surface area (Å²) in [7, 11) is -1.13. The first-order chi connectivity index (χ1) is 11.7. The van der Waals surface area contributed by atoms with Gasteiger partial charge in [0, 0.05) is 28.3 Å². The van der Waals surface area contributed by atoms with Gasteiger partial charge >= 0.3 is 0 Å². The van der Waals surface area contributed by atoms with Crippen LogP contribution in [0.5, 0.6) is 0 Å². The van der Waals surface area contributed by atoms with Gasteiger partial charge in [0.15, 0.2) is 0 Å². The summed E-state index contributed by atoms with van der Waals surface area (Å²) in [5.41, 5.74) is 1.19. The van der Waals surface area contributed by atoms with E-state index in [1.807, 2.05) is 30.3 Å². The Morgan fingerprint density at radius 3 is 2.71 bits per heavy atom. The fourth-order valence-corrected chi connectivity index (χ4v) is 3.13. The van der Waals surface area contributed by atoms with E-state index in [4.69, 9.17) is 4.52 Å². The maximum atomic E-state index is 12.2. The molecule has 1 N–H and O–H groups in total. The minimum Gasteiger partial charge on any atom is -0.351 e. The topological polar surface area (TPSA) is 85.1 Å². The molecule has 2 aromatic carbocycles. The van der Waals surface area contributed by atoms with Crippen molar-refractivity contribution in [3.8, 4) is 11.4 Å². The molecular formula is C17H15N3O3S. The van der Waals surface area contributed by atoms with Crippen molar-refractivity contribution >= 4 is 16.7 Å². The smallest absolute Gasteiger partial charge is 0.251 e. The SMILES string of the molecule is O=C(NCC[S@@](=O)c1ccccc1)c1cccc(-c2ncon2)c1. The Balaban J connectivity index is 1.58. The number of nitrogens with zero attached hydrogens (tertiary/aromatic N) is 2. The molecule has 0 unspecified atom stereocenters. The average molecular weight is 341 g/mol. The Morgan fingerprint density at radius 2 is 1.96 bits per heavy atom. The molecular weight excluding hydrogens is 326 g/mol. The predicted molar refractivity (Wildman–Crippen MR) is 89.8 cm³/mol. The van der Waals surface area contributed by atoms with Crippen molar-refractivity contribution in [1.82, 2.24) is 15.5 Å². The first-order valence-corrected chi connectivity index (χ1v) is 8.64. The Hall–Kier alpha value is -2.80. The molecule has 3 aromatic rings. The Morgan fingerprint density at radius 1 is 1.12 bits per heavy atom. The fraction of sp³-hybridized carbons (Fsp3) is 0.118. The lowest BCUT2D eigenvalue weighted by Gasteiger charge is -2.06. The molecule has 1 amide bonds. The molecule has 1 aromatic heterocycles. The number of hydrogen-bond donors (Lipinski definition) is 1. The van der Waals surface area contributed by atoms with Crippen LogP contribution in [-0.2, 0) is 10.8 Å². The second kappa shape index (κ2) is 7.65. The molecule has 0 aliphatic carbocycles. The molecule has 122 valence electrons. The molecule has 1 heterocycles. The van der Waals surface area contributed by atoms with Crippen LogP contribution < -0.4 is 5.32 Å². The van der Waals surface area contributed by atoms with Crippen molar-refractivity contribution in [2.75, 3.05) is 12.3 Å². The van der Waals surface area contributed by atoms with Crippen molar-refractivity contribution < 1.29 is 13.5 Å². The summed E-state index contributed by atoms with van der Waals surface area (Å²) in [5.74, 6) is 0.556. The van der Waals surface area contributed by atoms with E-state index in [1.54, 1.807) is 24.3 Å². The van der Waals surface area contributed by atoms with Crippen LogP contribution in [0.15, 0.2) is 70.4 Å². The van der Waals surface area contributed by atoms with Crippen LogP contribution in [-0.4, -0.2) is 32.6 Å². The number of nitrogens with one attached hydrogen (secondary N) is 1. The monoisotopic (exact) mass is 341 g/mol. The highest BCUT2D eigenvalue weighted by atomic mass is 32.2. The average Bonchev–Trinajstić information content (AvgIpc) is 3.17. The van der Waals surface area contributed by atoms with E-state index in [9.17, 15) is 9.00 Å². The molecule has 0 saturated heterocycles. The van der Waals surface area contributed by atoms with Gasteiger partial charge in [0.2, 0.25) is 12.2 Å². The van der Waals surface area contributed by atoms with E-state index in [0.29, 0.717) is 29.2 Å². The fourth-order valence-electron chi connectivity index (χ4n) is 2.15. The van der Waals surface area contributed by atoms with Crippen molar-refractivity contribution in [1.29, 1.82) is 0 Å². The van der Waals surface area contributed by atoms with Gasteiger partial charge in [0.25, 0.3) is 5.91 Å². The van der Waals surface area contributed by atoms with E-state index in [1.165, 1.54) is 6.39 Å². The number of rotatable bonds is 6. The van der Waals surface area contributed by atoms with E-state index < -0.39 is 10.8 Å². The predicted octanol–water partition coefficient (Wildman–Crippen LogP) is 2.27. The zero-order valence-electron chi connectivity index (χ0n) is 12.7. The van der Waals surface area contributed by atoms with Crippen LogP contribution in [0.2, 0.25) is 0 Å². The Kier molecular flexibility index (Phi) is 5.12.